The number of nitrogens with two attached hydrogens (primary N) is 1. The molecule has 30 heavy (non-hydrogen) atoms. The zero-order valence-electron chi connectivity index (χ0n) is 16.4. The molecule has 3 amide bonds. The van der Waals surface area contributed by atoms with Gasteiger partial charge in [-0.3, -0.25) is 14.4 Å². The second-order valence-corrected chi connectivity index (χ2v) is 6.85. The van der Waals surface area contributed by atoms with Crippen molar-refractivity contribution in [1.29, 1.82) is 0 Å². The van der Waals surface area contributed by atoms with Crippen LogP contribution in [0.3, 0.4) is 0 Å². The number of nitrogens with one attached hydrogen (secondary N) is 2. The summed E-state index contributed by atoms with van der Waals surface area (Å²) >= 11 is 0. The van der Waals surface area contributed by atoms with Gasteiger partial charge in [-0.05, 0) is 53.9 Å². The predicted molar refractivity (Wildman–Crippen MR) is 116 cm³/mol. The minimum Gasteiger partial charge on any atom is -0.366 e. The van der Waals surface area contributed by atoms with E-state index in [1.807, 2.05) is 42.5 Å². The van der Waals surface area contributed by atoms with E-state index in [-0.39, 0.29) is 11.8 Å². The van der Waals surface area contributed by atoms with Crippen LogP contribution in [0.15, 0.2) is 78.9 Å². The van der Waals surface area contributed by atoms with E-state index in [1.54, 1.807) is 36.4 Å². The molecule has 3 rings (SSSR count). The SMILES string of the molecule is NC(=O)c1ccc(NC(=O)c2ccc(CNC(=O)CCc3ccccc3)cc2)cc1. The van der Waals surface area contributed by atoms with Gasteiger partial charge >= 0.3 is 0 Å². The third kappa shape index (κ3) is 6.04. The van der Waals surface area contributed by atoms with Crippen molar-refractivity contribution in [2.45, 2.75) is 19.4 Å². The maximum absolute atomic E-state index is 12.4. The van der Waals surface area contributed by atoms with Crippen LogP contribution in [0.4, 0.5) is 5.69 Å². The summed E-state index contributed by atoms with van der Waals surface area (Å²) in [6.45, 7) is 0.407. The quantitative estimate of drug-likeness (QED) is 0.540. The minimum atomic E-state index is -0.518. The Balaban J connectivity index is 1.47. The lowest BCUT2D eigenvalue weighted by Gasteiger charge is -2.08. The number of benzene rings is 3. The molecule has 152 valence electrons. The summed E-state index contributed by atoms with van der Waals surface area (Å²) in [5, 5.41) is 5.66. The van der Waals surface area contributed by atoms with Gasteiger partial charge in [-0.1, -0.05) is 42.5 Å². The van der Waals surface area contributed by atoms with Gasteiger partial charge in [0, 0.05) is 29.8 Å². The number of carbonyl (C=O) groups excluding carboxylic acids is 3. The molecule has 0 atom stereocenters. The number of aryl methyl sites for hydroxylation is 1. The molecular weight excluding hydrogens is 378 g/mol. The number of amides is 3. The minimum absolute atomic E-state index is 0.0138. The fraction of sp³-hybridized carbons (Fsp3) is 0.125. The summed E-state index contributed by atoms with van der Waals surface area (Å²) < 4.78 is 0. The molecule has 6 heteroatoms. The summed E-state index contributed by atoms with van der Waals surface area (Å²) in [6, 6.07) is 23.3. The molecule has 0 aromatic heterocycles. The van der Waals surface area contributed by atoms with Crippen molar-refractivity contribution in [3.8, 4) is 0 Å². The highest BCUT2D eigenvalue weighted by Crippen LogP contribution is 2.12. The van der Waals surface area contributed by atoms with Crippen LogP contribution < -0.4 is 16.4 Å². The predicted octanol–water partition coefficient (Wildman–Crippen LogP) is 3.29. The van der Waals surface area contributed by atoms with Crippen LogP contribution in [0.5, 0.6) is 0 Å². The third-order valence-electron chi connectivity index (χ3n) is 4.62. The molecule has 0 bridgehead atoms. The molecular formula is C24H23N3O3. The van der Waals surface area contributed by atoms with Crippen molar-refractivity contribution in [3.05, 3.63) is 101 Å². The van der Waals surface area contributed by atoms with E-state index < -0.39 is 5.91 Å². The lowest BCUT2D eigenvalue weighted by molar-refractivity contribution is -0.121. The molecule has 3 aromatic rings. The van der Waals surface area contributed by atoms with Crippen molar-refractivity contribution < 1.29 is 14.4 Å². The third-order valence-corrected chi connectivity index (χ3v) is 4.62. The standard InChI is InChI=1S/C24H23N3O3/c25-23(29)19-11-13-21(14-12-19)27-24(30)20-9-6-18(7-10-20)16-26-22(28)15-8-17-4-2-1-3-5-17/h1-7,9-14H,8,15-16H2,(H2,25,29)(H,26,28)(H,27,30). The van der Waals surface area contributed by atoms with Crippen LogP contribution in [0.25, 0.3) is 0 Å². The summed E-state index contributed by atoms with van der Waals surface area (Å²) in [6.07, 6.45) is 1.13. The Labute approximate surface area is 175 Å². The average molecular weight is 401 g/mol. The van der Waals surface area contributed by atoms with E-state index in [9.17, 15) is 14.4 Å². The zero-order chi connectivity index (χ0) is 21.3. The molecule has 0 fully saturated rings. The molecule has 0 saturated heterocycles. The Morgan fingerprint density at radius 3 is 2.00 bits per heavy atom. The highest BCUT2D eigenvalue weighted by atomic mass is 16.2. The summed E-state index contributed by atoms with van der Waals surface area (Å²) in [5.41, 5.74) is 8.68. The van der Waals surface area contributed by atoms with E-state index in [0.29, 0.717) is 36.2 Å². The van der Waals surface area contributed by atoms with E-state index >= 15 is 0 Å². The molecule has 6 nitrogen and oxygen atoms in total. The van der Waals surface area contributed by atoms with Crippen molar-refractivity contribution in [3.63, 3.8) is 0 Å². The molecule has 0 heterocycles. The Hall–Kier alpha value is -3.93. The topological polar surface area (TPSA) is 101 Å². The van der Waals surface area contributed by atoms with Gasteiger partial charge in [0.2, 0.25) is 11.8 Å². The van der Waals surface area contributed by atoms with Crippen LogP contribution in [0, 0.1) is 0 Å². The Bertz CT molecular complexity index is 1010. The number of hydrogen-bond donors (Lipinski definition) is 3. The van der Waals surface area contributed by atoms with Crippen LogP contribution in [0.1, 0.15) is 38.3 Å². The molecule has 0 saturated carbocycles. The van der Waals surface area contributed by atoms with Crippen LogP contribution in [-0.4, -0.2) is 17.7 Å². The Morgan fingerprint density at radius 1 is 0.733 bits per heavy atom. The molecule has 0 radical (unpaired) electrons. The summed E-state index contributed by atoms with van der Waals surface area (Å²) in [7, 11) is 0. The highest BCUT2D eigenvalue weighted by molar-refractivity contribution is 6.04. The zero-order valence-corrected chi connectivity index (χ0v) is 16.4. The molecule has 0 aliphatic rings. The maximum atomic E-state index is 12.4. The molecule has 0 spiro atoms. The van der Waals surface area contributed by atoms with Crippen LogP contribution >= 0.6 is 0 Å². The van der Waals surface area contributed by atoms with Gasteiger partial charge in [0.25, 0.3) is 5.91 Å². The van der Waals surface area contributed by atoms with E-state index in [0.717, 1.165) is 11.1 Å². The van der Waals surface area contributed by atoms with Gasteiger partial charge in [0.15, 0.2) is 0 Å². The monoisotopic (exact) mass is 401 g/mol. The largest absolute Gasteiger partial charge is 0.366 e. The van der Waals surface area contributed by atoms with Gasteiger partial charge in [0.05, 0.1) is 0 Å². The number of anilines is 1. The number of primary amides is 1. The number of rotatable bonds is 8. The second kappa shape index (κ2) is 10.0. The van der Waals surface area contributed by atoms with E-state index in [2.05, 4.69) is 10.6 Å². The Morgan fingerprint density at radius 2 is 1.37 bits per heavy atom. The molecule has 0 unspecified atom stereocenters. The molecule has 0 aliphatic heterocycles. The van der Waals surface area contributed by atoms with E-state index in [1.165, 1.54) is 0 Å². The molecule has 0 aliphatic carbocycles. The van der Waals surface area contributed by atoms with E-state index in [4.69, 9.17) is 5.73 Å². The second-order valence-electron chi connectivity index (χ2n) is 6.85. The molecule has 4 N–H and O–H groups in total. The lowest BCUT2D eigenvalue weighted by Crippen LogP contribution is -2.23. The van der Waals surface area contributed by atoms with Gasteiger partial charge < -0.3 is 16.4 Å². The van der Waals surface area contributed by atoms with Gasteiger partial charge in [-0.15, -0.1) is 0 Å². The lowest BCUT2D eigenvalue weighted by atomic mass is 10.1. The van der Waals surface area contributed by atoms with Crippen molar-refractivity contribution in [1.82, 2.24) is 5.32 Å². The van der Waals surface area contributed by atoms with Crippen molar-refractivity contribution in [2.75, 3.05) is 5.32 Å². The van der Waals surface area contributed by atoms with Gasteiger partial charge in [0.1, 0.15) is 0 Å². The Kier molecular flexibility index (Phi) is 6.95. The fourth-order valence-electron chi connectivity index (χ4n) is 2.89. The van der Waals surface area contributed by atoms with Crippen molar-refractivity contribution in [2.24, 2.45) is 5.73 Å². The van der Waals surface area contributed by atoms with Crippen LogP contribution in [0.2, 0.25) is 0 Å². The van der Waals surface area contributed by atoms with Crippen molar-refractivity contribution >= 4 is 23.4 Å². The van der Waals surface area contributed by atoms with Gasteiger partial charge in [-0.25, -0.2) is 0 Å². The summed E-state index contributed by atoms with van der Waals surface area (Å²) in [5.74, 6) is -0.795. The molecule has 3 aromatic carbocycles. The fourth-order valence-corrected chi connectivity index (χ4v) is 2.89. The highest BCUT2D eigenvalue weighted by Gasteiger charge is 2.08. The smallest absolute Gasteiger partial charge is 0.255 e. The summed E-state index contributed by atoms with van der Waals surface area (Å²) in [4.78, 5) is 35.5. The first-order valence-electron chi connectivity index (χ1n) is 9.62. The average Bonchev–Trinajstić information content (AvgIpc) is 2.77. The first-order valence-corrected chi connectivity index (χ1v) is 9.62. The maximum Gasteiger partial charge on any atom is 0.255 e. The van der Waals surface area contributed by atoms with Gasteiger partial charge in [-0.2, -0.15) is 0 Å². The first kappa shape index (κ1) is 20.8. The number of hydrogen-bond acceptors (Lipinski definition) is 3. The number of carbonyl (C=O) groups is 3. The normalized spacial score (nSPS) is 10.3. The first-order chi connectivity index (χ1) is 14.5. The van der Waals surface area contributed by atoms with Crippen LogP contribution in [-0.2, 0) is 17.8 Å².